The first-order valence-electron chi connectivity index (χ1n) is 6.57. The lowest BCUT2D eigenvalue weighted by atomic mass is 10.0. The maximum Gasteiger partial charge on any atom is 0.130 e. The molecule has 0 aliphatic carbocycles. The summed E-state index contributed by atoms with van der Waals surface area (Å²) in [4.78, 5) is 4.46. The van der Waals surface area contributed by atoms with Crippen LogP contribution in [-0.4, -0.2) is 14.8 Å². The normalized spacial score (nSPS) is 13.0. The fraction of sp³-hybridized carbons (Fsp3) is 0.286. The molecule has 7 heteroatoms. The maximum absolute atomic E-state index is 6.30. The number of nitrogens with one attached hydrogen (secondary N) is 1. The van der Waals surface area contributed by atoms with Crippen LogP contribution < -0.4 is 11.3 Å². The number of pyridine rings is 1. The van der Waals surface area contributed by atoms with E-state index in [1.54, 1.807) is 16.0 Å². The van der Waals surface area contributed by atoms with Crippen LogP contribution in [0.25, 0.3) is 10.2 Å². The van der Waals surface area contributed by atoms with Crippen molar-refractivity contribution < 1.29 is 0 Å². The predicted molar refractivity (Wildman–Crippen MR) is 86.3 cm³/mol. The Bertz CT molecular complexity index is 779. The highest BCUT2D eigenvalue weighted by atomic mass is 35.5. The van der Waals surface area contributed by atoms with Gasteiger partial charge in [0.25, 0.3) is 0 Å². The summed E-state index contributed by atoms with van der Waals surface area (Å²) in [7, 11) is 1.84. The van der Waals surface area contributed by atoms with E-state index in [1.165, 1.54) is 0 Å². The van der Waals surface area contributed by atoms with Crippen molar-refractivity contribution >= 4 is 33.2 Å². The largest absolute Gasteiger partial charge is 0.271 e. The Kier molecular flexibility index (Phi) is 3.95. The summed E-state index contributed by atoms with van der Waals surface area (Å²) in [5.74, 6) is 5.73. The number of hydrogen-bond acceptors (Lipinski definition) is 5. The second-order valence-electron chi connectivity index (χ2n) is 4.97. The zero-order valence-electron chi connectivity index (χ0n) is 11.8. The van der Waals surface area contributed by atoms with Gasteiger partial charge in [-0.05, 0) is 36.4 Å². The van der Waals surface area contributed by atoms with Crippen LogP contribution >= 0.6 is 22.9 Å². The highest BCUT2D eigenvalue weighted by Crippen LogP contribution is 2.27. The SMILES string of the molecule is Cc1nn(C)c(Cl)c1CC(NN)c1cnc2ccsc2c1. The first-order valence-corrected chi connectivity index (χ1v) is 7.83. The minimum absolute atomic E-state index is 0.0515. The Morgan fingerprint density at radius 1 is 1.52 bits per heavy atom. The van der Waals surface area contributed by atoms with Crippen LogP contribution in [0.2, 0.25) is 5.15 Å². The van der Waals surface area contributed by atoms with E-state index in [0.717, 1.165) is 27.0 Å². The molecule has 3 N–H and O–H groups in total. The molecule has 110 valence electrons. The summed E-state index contributed by atoms with van der Waals surface area (Å²) in [5.41, 5.74) is 6.85. The molecule has 1 atom stereocenters. The van der Waals surface area contributed by atoms with Gasteiger partial charge in [0.2, 0.25) is 0 Å². The first kappa shape index (κ1) is 14.5. The van der Waals surface area contributed by atoms with Gasteiger partial charge in [0.1, 0.15) is 5.15 Å². The van der Waals surface area contributed by atoms with Crippen LogP contribution in [0.1, 0.15) is 22.9 Å². The van der Waals surface area contributed by atoms with Crippen LogP contribution in [-0.2, 0) is 13.5 Å². The highest BCUT2D eigenvalue weighted by Gasteiger charge is 2.18. The van der Waals surface area contributed by atoms with Crippen molar-refractivity contribution in [3.63, 3.8) is 0 Å². The molecule has 21 heavy (non-hydrogen) atoms. The topological polar surface area (TPSA) is 68.8 Å². The molecule has 0 amide bonds. The van der Waals surface area contributed by atoms with Crippen molar-refractivity contribution in [3.05, 3.63) is 45.7 Å². The van der Waals surface area contributed by atoms with E-state index in [9.17, 15) is 0 Å². The summed E-state index contributed by atoms with van der Waals surface area (Å²) in [6.45, 7) is 1.95. The van der Waals surface area contributed by atoms with Gasteiger partial charge in [-0.25, -0.2) is 0 Å². The molecule has 3 heterocycles. The molecule has 0 saturated carbocycles. The number of fused-ring (bicyclic) bond motifs is 1. The summed E-state index contributed by atoms with van der Waals surface area (Å²) in [6.07, 6.45) is 2.53. The van der Waals surface area contributed by atoms with E-state index >= 15 is 0 Å². The van der Waals surface area contributed by atoms with Gasteiger partial charge in [0.05, 0.1) is 22.0 Å². The number of hydrazine groups is 1. The summed E-state index contributed by atoms with van der Waals surface area (Å²) in [5, 5.41) is 7.02. The summed E-state index contributed by atoms with van der Waals surface area (Å²) in [6, 6.07) is 4.08. The molecule has 0 bridgehead atoms. The number of thiophene rings is 1. The molecular weight excluding hydrogens is 306 g/mol. The predicted octanol–water partition coefficient (Wildman–Crippen LogP) is 2.74. The van der Waals surface area contributed by atoms with Gasteiger partial charge in [0, 0.05) is 18.8 Å². The average molecular weight is 322 g/mol. The summed E-state index contributed by atoms with van der Waals surface area (Å²) >= 11 is 7.97. The Hall–Kier alpha value is -1.47. The van der Waals surface area contributed by atoms with Crippen LogP contribution in [0, 0.1) is 6.92 Å². The molecular formula is C14H16ClN5S. The number of nitrogens with two attached hydrogens (primary N) is 1. The van der Waals surface area contributed by atoms with Gasteiger partial charge in [-0.1, -0.05) is 11.6 Å². The van der Waals surface area contributed by atoms with Gasteiger partial charge >= 0.3 is 0 Å². The van der Waals surface area contributed by atoms with E-state index < -0.39 is 0 Å². The van der Waals surface area contributed by atoms with Crippen molar-refractivity contribution in [1.29, 1.82) is 0 Å². The number of aryl methyl sites for hydroxylation is 2. The zero-order chi connectivity index (χ0) is 15.0. The van der Waals surface area contributed by atoms with Gasteiger partial charge < -0.3 is 0 Å². The van der Waals surface area contributed by atoms with Crippen molar-refractivity contribution in [1.82, 2.24) is 20.2 Å². The fourth-order valence-corrected chi connectivity index (χ4v) is 3.48. The fourth-order valence-electron chi connectivity index (χ4n) is 2.44. The Balaban J connectivity index is 1.94. The Morgan fingerprint density at radius 2 is 2.33 bits per heavy atom. The van der Waals surface area contributed by atoms with Gasteiger partial charge in [-0.3, -0.25) is 20.9 Å². The Labute approximate surface area is 131 Å². The molecule has 0 saturated heterocycles. The standard InChI is InChI=1S/C14H16ClN5S/c1-8-10(14(15)20(2)19-8)6-12(18-16)9-5-13-11(17-7-9)3-4-21-13/h3-5,7,12,18H,6,16H2,1-2H3. The maximum atomic E-state index is 6.30. The second kappa shape index (κ2) is 5.73. The molecule has 3 rings (SSSR count). The Morgan fingerprint density at radius 3 is 3.00 bits per heavy atom. The molecule has 3 aromatic rings. The molecule has 3 aromatic heterocycles. The number of hydrogen-bond donors (Lipinski definition) is 2. The lowest BCUT2D eigenvalue weighted by Gasteiger charge is -2.16. The van der Waals surface area contributed by atoms with E-state index in [4.69, 9.17) is 17.4 Å². The van der Waals surface area contributed by atoms with Crippen molar-refractivity contribution in [2.24, 2.45) is 12.9 Å². The van der Waals surface area contributed by atoms with Crippen molar-refractivity contribution in [2.75, 3.05) is 0 Å². The number of halogens is 1. The van der Waals surface area contributed by atoms with Crippen LogP contribution in [0.15, 0.2) is 23.7 Å². The van der Waals surface area contributed by atoms with E-state index in [1.807, 2.05) is 31.6 Å². The molecule has 0 aliphatic rings. The highest BCUT2D eigenvalue weighted by molar-refractivity contribution is 7.17. The molecule has 0 aliphatic heterocycles. The first-order chi connectivity index (χ1) is 10.1. The molecule has 0 fully saturated rings. The molecule has 0 aromatic carbocycles. The lowest BCUT2D eigenvalue weighted by Crippen LogP contribution is -2.29. The molecule has 1 unspecified atom stereocenters. The van der Waals surface area contributed by atoms with Crippen molar-refractivity contribution in [2.45, 2.75) is 19.4 Å². The molecule has 5 nitrogen and oxygen atoms in total. The van der Waals surface area contributed by atoms with Crippen molar-refractivity contribution in [3.8, 4) is 0 Å². The second-order valence-corrected chi connectivity index (χ2v) is 6.28. The third kappa shape index (κ3) is 2.67. The third-order valence-electron chi connectivity index (χ3n) is 3.61. The summed E-state index contributed by atoms with van der Waals surface area (Å²) < 4.78 is 2.84. The number of nitrogens with zero attached hydrogens (tertiary/aromatic N) is 3. The van der Waals surface area contributed by atoms with Crippen LogP contribution in [0.5, 0.6) is 0 Å². The van der Waals surface area contributed by atoms with E-state index in [2.05, 4.69) is 21.6 Å². The smallest absolute Gasteiger partial charge is 0.130 e. The third-order valence-corrected chi connectivity index (χ3v) is 4.93. The number of aromatic nitrogens is 3. The number of rotatable bonds is 4. The molecule has 0 radical (unpaired) electrons. The van der Waals surface area contributed by atoms with Gasteiger partial charge in [-0.2, -0.15) is 5.10 Å². The quantitative estimate of drug-likeness (QED) is 0.572. The van der Waals surface area contributed by atoms with Gasteiger partial charge in [0.15, 0.2) is 0 Å². The van der Waals surface area contributed by atoms with E-state index in [0.29, 0.717) is 11.6 Å². The minimum Gasteiger partial charge on any atom is -0.271 e. The van der Waals surface area contributed by atoms with Gasteiger partial charge in [-0.15, -0.1) is 11.3 Å². The monoisotopic (exact) mass is 321 g/mol. The molecule has 0 spiro atoms. The van der Waals surface area contributed by atoms with Crippen LogP contribution in [0.4, 0.5) is 0 Å². The van der Waals surface area contributed by atoms with E-state index in [-0.39, 0.29) is 6.04 Å². The average Bonchev–Trinajstić information content (AvgIpc) is 3.03. The lowest BCUT2D eigenvalue weighted by molar-refractivity contribution is 0.550. The minimum atomic E-state index is -0.0515. The zero-order valence-corrected chi connectivity index (χ0v) is 13.4. The van der Waals surface area contributed by atoms with Crippen LogP contribution in [0.3, 0.4) is 0 Å².